The Kier molecular flexibility index (Phi) is 5.14. The van der Waals surface area contributed by atoms with Crippen LogP contribution in [-0.2, 0) is 11.3 Å². The first-order chi connectivity index (χ1) is 12.7. The predicted octanol–water partition coefficient (Wildman–Crippen LogP) is 3.58. The van der Waals surface area contributed by atoms with Gasteiger partial charge in [0.1, 0.15) is 17.0 Å². The number of ether oxygens (including phenoxy) is 1. The van der Waals surface area contributed by atoms with Gasteiger partial charge >= 0.3 is 0 Å². The molecule has 3 aromatic heterocycles. The van der Waals surface area contributed by atoms with Crippen molar-refractivity contribution in [2.75, 3.05) is 18.5 Å². The molecule has 0 unspecified atom stereocenters. The molecule has 4 heterocycles. The van der Waals surface area contributed by atoms with Gasteiger partial charge in [-0.3, -0.25) is 4.79 Å². The Morgan fingerprint density at radius 1 is 1.42 bits per heavy atom. The second-order valence-corrected chi connectivity index (χ2v) is 8.07. The summed E-state index contributed by atoms with van der Waals surface area (Å²) in [4.78, 5) is 22.9. The van der Waals surface area contributed by atoms with Crippen LogP contribution >= 0.6 is 22.7 Å². The molecule has 1 amide bonds. The first-order valence-corrected chi connectivity index (χ1v) is 10.4. The van der Waals surface area contributed by atoms with Crippen LogP contribution in [0.2, 0.25) is 0 Å². The molecule has 1 fully saturated rings. The summed E-state index contributed by atoms with van der Waals surface area (Å²) in [5.41, 5.74) is 2.03. The third kappa shape index (κ3) is 3.58. The summed E-state index contributed by atoms with van der Waals surface area (Å²) in [5, 5.41) is 11.3. The van der Waals surface area contributed by atoms with E-state index in [0.717, 1.165) is 53.2 Å². The van der Waals surface area contributed by atoms with Crippen LogP contribution in [-0.4, -0.2) is 35.1 Å². The molecule has 6 nitrogen and oxygen atoms in total. The summed E-state index contributed by atoms with van der Waals surface area (Å²) >= 11 is 3.04. The molecule has 0 bridgehead atoms. The fraction of sp³-hybridized carbons (Fsp3) is 0.389. The maximum Gasteiger partial charge on any atom is 0.261 e. The molecule has 0 aromatic carbocycles. The Morgan fingerprint density at radius 3 is 3.12 bits per heavy atom. The van der Waals surface area contributed by atoms with Gasteiger partial charge in [0, 0.05) is 19.7 Å². The molecule has 0 saturated carbocycles. The number of rotatable bonds is 6. The van der Waals surface area contributed by atoms with Crippen LogP contribution in [0.25, 0.3) is 10.2 Å². The average Bonchev–Trinajstić information content (AvgIpc) is 3.40. The average molecular weight is 389 g/mol. The molecule has 1 atom stereocenters. The molecule has 0 radical (unpaired) electrons. The van der Waals surface area contributed by atoms with E-state index in [0.29, 0.717) is 11.4 Å². The lowest BCUT2D eigenvalue weighted by atomic mass is 10.2. The number of carbonyl (C=O) groups excluding carboxylic acids is 1. The maximum absolute atomic E-state index is 12.6. The van der Waals surface area contributed by atoms with E-state index < -0.39 is 0 Å². The molecular weight excluding hydrogens is 368 g/mol. The summed E-state index contributed by atoms with van der Waals surface area (Å²) in [6, 6.07) is 2.02. The van der Waals surface area contributed by atoms with Crippen molar-refractivity contribution in [3.63, 3.8) is 0 Å². The number of thiophene rings is 2. The number of nitrogens with one attached hydrogen (secondary N) is 2. The Balaban J connectivity index is 1.53. The SMILES string of the molecule is Cc1c(C(=O)NCc2ccsc2)sc2ncnc(NC[C@@H]3CCCO3)c12. The van der Waals surface area contributed by atoms with Gasteiger partial charge < -0.3 is 15.4 Å². The van der Waals surface area contributed by atoms with Crippen molar-refractivity contribution in [2.24, 2.45) is 0 Å². The highest BCUT2D eigenvalue weighted by Crippen LogP contribution is 2.33. The van der Waals surface area contributed by atoms with Gasteiger partial charge in [-0.25, -0.2) is 9.97 Å². The minimum atomic E-state index is -0.0678. The van der Waals surface area contributed by atoms with Crippen LogP contribution in [0, 0.1) is 6.92 Å². The number of hydrogen-bond acceptors (Lipinski definition) is 7. The lowest BCUT2D eigenvalue weighted by Crippen LogP contribution is -2.22. The Morgan fingerprint density at radius 2 is 2.35 bits per heavy atom. The number of anilines is 1. The molecule has 26 heavy (non-hydrogen) atoms. The van der Waals surface area contributed by atoms with Crippen molar-refractivity contribution in [3.05, 3.63) is 39.2 Å². The molecule has 1 aliphatic heterocycles. The number of amides is 1. The minimum Gasteiger partial charge on any atom is -0.376 e. The zero-order valence-corrected chi connectivity index (χ0v) is 16.1. The van der Waals surface area contributed by atoms with E-state index in [1.54, 1.807) is 17.7 Å². The molecule has 0 aliphatic carbocycles. The molecule has 1 saturated heterocycles. The molecule has 2 N–H and O–H groups in total. The summed E-state index contributed by atoms with van der Waals surface area (Å²) in [6.07, 6.45) is 3.95. The van der Waals surface area contributed by atoms with Gasteiger partial charge in [-0.15, -0.1) is 11.3 Å². The van der Waals surface area contributed by atoms with Crippen LogP contribution in [0.3, 0.4) is 0 Å². The molecule has 0 spiro atoms. The number of hydrogen-bond donors (Lipinski definition) is 2. The topological polar surface area (TPSA) is 76.1 Å². The Labute approximate surface area is 159 Å². The first kappa shape index (κ1) is 17.4. The van der Waals surface area contributed by atoms with Crippen molar-refractivity contribution in [2.45, 2.75) is 32.4 Å². The van der Waals surface area contributed by atoms with E-state index >= 15 is 0 Å². The first-order valence-electron chi connectivity index (χ1n) is 8.61. The third-order valence-electron chi connectivity index (χ3n) is 4.49. The highest BCUT2D eigenvalue weighted by Gasteiger charge is 2.20. The van der Waals surface area contributed by atoms with Gasteiger partial charge in [0.15, 0.2) is 0 Å². The van der Waals surface area contributed by atoms with Crippen molar-refractivity contribution in [1.29, 1.82) is 0 Å². The molecule has 4 rings (SSSR count). The molecule has 3 aromatic rings. The summed E-state index contributed by atoms with van der Waals surface area (Å²) in [6.45, 7) is 4.04. The lowest BCUT2D eigenvalue weighted by Gasteiger charge is -2.12. The van der Waals surface area contributed by atoms with E-state index in [1.165, 1.54) is 11.3 Å². The van der Waals surface area contributed by atoms with E-state index in [2.05, 4.69) is 20.6 Å². The highest BCUT2D eigenvalue weighted by molar-refractivity contribution is 7.20. The lowest BCUT2D eigenvalue weighted by molar-refractivity contribution is 0.0954. The largest absolute Gasteiger partial charge is 0.376 e. The quantitative estimate of drug-likeness (QED) is 0.675. The van der Waals surface area contributed by atoms with Crippen LogP contribution < -0.4 is 10.6 Å². The zero-order valence-electron chi connectivity index (χ0n) is 14.4. The van der Waals surface area contributed by atoms with Crippen LogP contribution in [0.4, 0.5) is 5.82 Å². The van der Waals surface area contributed by atoms with Gasteiger partial charge in [-0.2, -0.15) is 11.3 Å². The summed E-state index contributed by atoms with van der Waals surface area (Å²) in [7, 11) is 0. The van der Waals surface area contributed by atoms with E-state index in [-0.39, 0.29) is 12.0 Å². The van der Waals surface area contributed by atoms with Crippen molar-refractivity contribution in [3.8, 4) is 0 Å². The van der Waals surface area contributed by atoms with Crippen molar-refractivity contribution in [1.82, 2.24) is 15.3 Å². The molecule has 1 aliphatic rings. The van der Waals surface area contributed by atoms with Crippen LogP contribution in [0.5, 0.6) is 0 Å². The molecule has 136 valence electrons. The van der Waals surface area contributed by atoms with E-state index in [4.69, 9.17) is 4.74 Å². The minimum absolute atomic E-state index is 0.0678. The standard InChI is InChI=1S/C18H20N4O2S2/c1-11-14-16(19-8-13-3-2-5-24-13)21-10-22-18(14)26-15(11)17(23)20-7-12-4-6-25-9-12/h4,6,9-10,13H,2-3,5,7-8H2,1H3,(H,20,23)(H,19,21,22)/t13-/m0/s1. The van der Waals surface area contributed by atoms with Gasteiger partial charge in [-0.1, -0.05) is 0 Å². The van der Waals surface area contributed by atoms with Crippen molar-refractivity contribution < 1.29 is 9.53 Å². The number of fused-ring (bicyclic) bond motifs is 1. The monoisotopic (exact) mass is 388 g/mol. The van der Waals surface area contributed by atoms with Gasteiger partial charge in [-0.05, 0) is 47.7 Å². The van der Waals surface area contributed by atoms with Gasteiger partial charge in [0.2, 0.25) is 0 Å². The second kappa shape index (κ2) is 7.69. The Hall–Kier alpha value is -2.03. The number of carbonyl (C=O) groups is 1. The summed E-state index contributed by atoms with van der Waals surface area (Å²) in [5.74, 6) is 0.706. The zero-order chi connectivity index (χ0) is 17.9. The van der Waals surface area contributed by atoms with Crippen molar-refractivity contribution >= 4 is 44.6 Å². The normalized spacial score (nSPS) is 16.9. The van der Waals surface area contributed by atoms with Crippen LogP contribution in [0.15, 0.2) is 23.2 Å². The second-order valence-electron chi connectivity index (χ2n) is 6.29. The van der Waals surface area contributed by atoms with E-state index in [9.17, 15) is 4.79 Å². The van der Waals surface area contributed by atoms with E-state index in [1.807, 2.05) is 23.8 Å². The van der Waals surface area contributed by atoms with Crippen LogP contribution in [0.1, 0.15) is 33.6 Å². The fourth-order valence-electron chi connectivity index (χ4n) is 3.09. The van der Waals surface area contributed by atoms with Gasteiger partial charge in [0.05, 0.1) is 16.4 Å². The summed E-state index contributed by atoms with van der Waals surface area (Å²) < 4.78 is 5.66. The number of aryl methyl sites for hydroxylation is 1. The third-order valence-corrected chi connectivity index (χ3v) is 6.42. The molecule has 8 heteroatoms. The fourth-order valence-corrected chi connectivity index (χ4v) is 4.83. The number of aromatic nitrogens is 2. The predicted molar refractivity (Wildman–Crippen MR) is 105 cm³/mol. The molecular formula is C18H20N4O2S2. The number of nitrogens with zero attached hydrogens (tertiary/aromatic N) is 2. The Bertz CT molecular complexity index is 901. The maximum atomic E-state index is 12.6. The smallest absolute Gasteiger partial charge is 0.261 e. The highest BCUT2D eigenvalue weighted by atomic mass is 32.1. The van der Waals surface area contributed by atoms with Gasteiger partial charge in [0.25, 0.3) is 5.91 Å².